The molecule has 2 N–H and O–H groups in total. The van der Waals surface area contributed by atoms with E-state index in [0.29, 0.717) is 0 Å². The number of alkyl halides is 2. The van der Waals surface area contributed by atoms with Crippen molar-refractivity contribution in [2.24, 2.45) is 0 Å². The van der Waals surface area contributed by atoms with E-state index in [0.717, 1.165) is 6.07 Å². The third-order valence-corrected chi connectivity index (χ3v) is 2.05. The quantitative estimate of drug-likeness (QED) is 0.577. The van der Waals surface area contributed by atoms with Gasteiger partial charge in [-0.1, -0.05) is 17.8 Å². The monoisotopic (exact) mass is 193 g/mol. The molecule has 0 radical (unpaired) electrons. The summed E-state index contributed by atoms with van der Waals surface area (Å²) in [6.45, 7) is 0. The van der Waals surface area contributed by atoms with Gasteiger partial charge >= 0.3 is 0 Å². The Labute approximate surface area is 71.8 Å². The maximum Gasteiger partial charge on any atom is 0.289 e. The lowest BCUT2D eigenvalue weighted by Crippen LogP contribution is -1.93. The van der Waals surface area contributed by atoms with Crippen LogP contribution < -0.4 is 5.73 Å². The third-order valence-electron chi connectivity index (χ3n) is 1.20. The van der Waals surface area contributed by atoms with E-state index in [1.807, 2.05) is 0 Å². The lowest BCUT2D eigenvalue weighted by molar-refractivity contribution is 0.252. The number of hydrogen-bond acceptors (Lipinski definition) is 2. The van der Waals surface area contributed by atoms with E-state index in [2.05, 4.69) is 0 Å². The second-order valence-electron chi connectivity index (χ2n) is 2.04. The van der Waals surface area contributed by atoms with Gasteiger partial charge in [0.2, 0.25) is 0 Å². The number of anilines is 1. The number of hydrogen-bond donors (Lipinski definition) is 1. The maximum atomic E-state index is 12.8. The Bertz CT molecular complexity index is 257. The average molecular weight is 193 g/mol. The van der Waals surface area contributed by atoms with Gasteiger partial charge < -0.3 is 5.73 Å². The summed E-state index contributed by atoms with van der Waals surface area (Å²) in [7, 11) is 0. The minimum Gasteiger partial charge on any atom is -0.398 e. The molecule has 0 bridgehead atoms. The summed E-state index contributed by atoms with van der Waals surface area (Å²) < 4.78 is 36.4. The van der Waals surface area contributed by atoms with E-state index >= 15 is 0 Å². The number of thioether (sulfide) groups is 1. The van der Waals surface area contributed by atoms with Crippen molar-refractivity contribution in [1.82, 2.24) is 0 Å². The summed E-state index contributed by atoms with van der Waals surface area (Å²) >= 11 is 0.118. The minimum absolute atomic E-state index is 0.0419. The highest BCUT2D eigenvalue weighted by atomic mass is 32.2. The highest BCUT2D eigenvalue weighted by Crippen LogP contribution is 2.32. The van der Waals surface area contributed by atoms with Gasteiger partial charge in [-0.15, -0.1) is 0 Å². The van der Waals surface area contributed by atoms with Gasteiger partial charge in [-0.3, -0.25) is 0 Å². The smallest absolute Gasteiger partial charge is 0.289 e. The molecular weight excluding hydrogens is 187 g/mol. The van der Waals surface area contributed by atoms with E-state index in [4.69, 9.17) is 5.73 Å². The highest BCUT2D eigenvalue weighted by molar-refractivity contribution is 7.99. The molecule has 0 spiro atoms. The molecule has 0 fully saturated rings. The van der Waals surface area contributed by atoms with E-state index < -0.39 is 11.6 Å². The van der Waals surface area contributed by atoms with Crippen molar-refractivity contribution in [2.45, 2.75) is 10.7 Å². The van der Waals surface area contributed by atoms with Gasteiger partial charge in [-0.2, -0.15) is 8.78 Å². The van der Waals surface area contributed by atoms with Crippen LogP contribution in [0.2, 0.25) is 0 Å². The number of nitrogen functional groups attached to an aromatic ring is 1. The predicted octanol–water partition coefficient (Wildman–Crippen LogP) is 2.72. The molecule has 0 amide bonds. The minimum atomic E-state index is -2.65. The van der Waals surface area contributed by atoms with Crippen LogP contribution in [-0.4, -0.2) is 5.76 Å². The van der Waals surface area contributed by atoms with Crippen LogP contribution in [0.15, 0.2) is 23.1 Å². The predicted molar refractivity (Wildman–Crippen MR) is 42.7 cm³/mol. The standard InChI is InChI=1S/C7H6F3NS/c8-4-2-1-3-5(11)6(4)12-7(9)10/h1-3,7H,11H2. The number of halogens is 3. The fourth-order valence-electron chi connectivity index (χ4n) is 0.739. The zero-order valence-electron chi connectivity index (χ0n) is 5.93. The molecule has 0 saturated carbocycles. The Kier molecular flexibility index (Phi) is 2.86. The Hall–Kier alpha value is -0.840. The molecule has 0 saturated heterocycles. The normalized spacial score (nSPS) is 10.7. The van der Waals surface area contributed by atoms with Crippen molar-refractivity contribution in [3.05, 3.63) is 24.0 Å². The second-order valence-corrected chi connectivity index (χ2v) is 3.04. The largest absolute Gasteiger partial charge is 0.398 e. The first kappa shape index (κ1) is 9.25. The van der Waals surface area contributed by atoms with E-state index in [1.54, 1.807) is 0 Å². The highest BCUT2D eigenvalue weighted by Gasteiger charge is 2.12. The van der Waals surface area contributed by atoms with Gasteiger partial charge in [0.15, 0.2) is 0 Å². The molecule has 1 rings (SSSR count). The fraction of sp³-hybridized carbons (Fsp3) is 0.143. The molecule has 0 heterocycles. The molecular formula is C7H6F3NS. The lowest BCUT2D eigenvalue weighted by Gasteiger charge is -2.04. The van der Waals surface area contributed by atoms with E-state index in [9.17, 15) is 13.2 Å². The topological polar surface area (TPSA) is 26.0 Å². The van der Waals surface area contributed by atoms with Crippen LogP contribution in [0.4, 0.5) is 18.9 Å². The molecule has 1 aromatic rings. The molecule has 0 atom stereocenters. The van der Waals surface area contributed by atoms with Crippen LogP contribution >= 0.6 is 11.8 Å². The second kappa shape index (κ2) is 3.71. The first-order chi connectivity index (χ1) is 5.61. The van der Waals surface area contributed by atoms with Crippen molar-refractivity contribution >= 4 is 17.4 Å². The molecule has 66 valence electrons. The van der Waals surface area contributed by atoms with Crippen LogP contribution in [-0.2, 0) is 0 Å². The number of nitrogens with two attached hydrogens (primary N) is 1. The van der Waals surface area contributed by atoms with Gasteiger partial charge in [-0.05, 0) is 12.1 Å². The molecule has 0 aliphatic heterocycles. The maximum absolute atomic E-state index is 12.8. The summed E-state index contributed by atoms with van der Waals surface area (Å²) in [5.41, 5.74) is 5.32. The Morgan fingerprint density at radius 3 is 2.50 bits per heavy atom. The molecule has 12 heavy (non-hydrogen) atoms. The van der Waals surface area contributed by atoms with Crippen LogP contribution in [0.1, 0.15) is 0 Å². The van der Waals surface area contributed by atoms with Gasteiger partial charge in [0.05, 0.1) is 4.90 Å². The molecule has 1 nitrogen and oxygen atoms in total. The Morgan fingerprint density at radius 1 is 1.33 bits per heavy atom. The van der Waals surface area contributed by atoms with Crippen molar-refractivity contribution in [1.29, 1.82) is 0 Å². The summed E-state index contributed by atoms with van der Waals surface area (Å²) in [6, 6.07) is 3.86. The van der Waals surface area contributed by atoms with Gasteiger partial charge in [0.25, 0.3) is 5.76 Å². The van der Waals surface area contributed by atoms with Crippen LogP contribution in [0.25, 0.3) is 0 Å². The summed E-state index contributed by atoms with van der Waals surface area (Å²) in [4.78, 5) is -0.187. The summed E-state index contributed by atoms with van der Waals surface area (Å²) in [5, 5.41) is 0. The first-order valence-electron chi connectivity index (χ1n) is 3.10. The van der Waals surface area contributed by atoms with Crippen LogP contribution in [0, 0.1) is 5.82 Å². The molecule has 0 unspecified atom stereocenters. The zero-order valence-corrected chi connectivity index (χ0v) is 6.75. The molecule has 0 aliphatic carbocycles. The molecule has 5 heteroatoms. The number of benzene rings is 1. The zero-order chi connectivity index (χ0) is 9.14. The summed E-state index contributed by atoms with van der Waals surface area (Å²) in [5.74, 6) is -3.36. The SMILES string of the molecule is Nc1cccc(F)c1SC(F)F. The average Bonchev–Trinajstić information content (AvgIpc) is 1.97. The van der Waals surface area contributed by atoms with E-state index in [1.165, 1.54) is 12.1 Å². The van der Waals surface area contributed by atoms with Gasteiger partial charge in [0.1, 0.15) is 5.82 Å². The van der Waals surface area contributed by atoms with Crippen LogP contribution in [0.5, 0.6) is 0 Å². The Balaban J connectivity index is 2.96. The molecule has 0 aliphatic rings. The summed E-state index contributed by atoms with van der Waals surface area (Å²) in [6.07, 6.45) is 0. The fourth-order valence-corrected chi connectivity index (χ4v) is 1.30. The Morgan fingerprint density at radius 2 is 2.00 bits per heavy atom. The van der Waals surface area contributed by atoms with Gasteiger partial charge in [-0.25, -0.2) is 4.39 Å². The van der Waals surface area contributed by atoms with Crippen molar-refractivity contribution in [3.8, 4) is 0 Å². The first-order valence-corrected chi connectivity index (χ1v) is 3.98. The molecule has 1 aromatic carbocycles. The van der Waals surface area contributed by atoms with E-state index in [-0.39, 0.29) is 22.3 Å². The van der Waals surface area contributed by atoms with Gasteiger partial charge in [0, 0.05) is 5.69 Å². The third kappa shape index (κ3) is 2.07. The molecule has 0 aromatic heterocycles. The van der Waals surface area contributed by atoms with Crippen LogP contribution in [0.3, 0.4) is 0 Å². The van der Waals surface area contributed by atoms with Crippen molar-refractivity contribution in [3.63, 3.8) is 0 Å². The lowest BCUT2D eigenvalue weighted by atomic mass is 10.3. The number of rotatable bonds is 2. The van der Waals surface area contributed by atoms with Crippen molar-refractivity contribution < 1.29 is 13.2 Å². The van der Waals surface area contributed by atoms with Crippen molar-refractivity contribution in [2.75, 3.05) is 5.73 Å².